The van der Waals surface area contributed by atoms with E-state index in [2.05, 4.69) is 40.5 Å². The Morgan fingerprint density at radius 1 is 1.31 bits per heavy atom. The van der Waals surface area contributed by atoms with Crippen molar-refractivity contribution in [1.29, 1.82) is 0 Å². The molecule has 0 aliphatic carbocycles. The smallest absolute Gasteiger partial charge is 0.128 e. The van der Waals surface area contributed by atoms with Crippen LogP contribution in [0, 0.1) is 0 Å². The Labute approximate surface area is 97.4 Å². The van der Waals surface area contributed by atoms with Gasteiger partial charge in [-0.3, -0.25) is 0 Å². The normalized spacial score (nSPS) is 17.4. The molecule has 0 bridgehead atoms. The van der Waals surface area contributed by atoms with Crippen molar-refractivity contribution in [2.75, 3.05) is 38.1 Å². The Morgan fingerprint density at radius 2 is 2.06 bits per heavy atom. The quantitative estimate of drug-likeness (QED) is 0.716. The molecular formula is C13H19N3. The fourth-order valence-corrected chi connectivity index (χ4v) is 1.93. The monoisotopic (exact) mass is 217 g/mol. The maximum absolute atomic E-state index is 4.51. The second kappa shape index (κ2) is 5.12. The molecule has 0 amide bonds. The Kier molecular flexibility index (Phi) is 3.57. The summed E-state index contributed by atoms with van der Waals surface area (Å²) >= 11 is 0. The maximum atomic E-state index is 4.51. The standard InChI is InChI=1S/C13H19N3/c1-3-4-12-5-6-13(14-11-12)16-9-7-15(2)8-10-16/h3,5-6,11H,1,4,7-10H2,2H3. The molecule has 3 heteroatoms. The van der Waals surface area contributed by atoms with Crippen molar-refractivity contribution < 1.29 is 0 Å². The minimum atomic E-state index is 0.899. The van der Waals surface area contributed by atoms with Crippen LogP contribution in [0.2, 0.25) is 0 Å². The van der Waals surface area contributed by atoms with Crippen LogP contribution in [0.4, 0.5) is 5.82 Å². The highest BCUT2D eigenvalue weighted by atomic mass is 15.3. The molecular weight excluding hydrogens is 198 g/mol. The van der Waals surface area contributed by atoms with Crippen LogP contribution in [0.3, 0.4) is 0 Å². The van der Waals surface area contributed by atoms with Gasteiger partial charge in [-0.25, -0.2) is 4.98 Å². The van der Waals surface area contributed by atoms with Crippen LogP contribution < -0.4 is 4.90 Å². The van der Waals surface area contributed by atoms with E-state index in [0.29, 0.717) is 0 Å². The highest BCUT2D eigenvalue weighted by molar-refractivity contribution is 5.40. The fraction of sp³-hybridized carbons (Fsp3) is 0.462. The summed E-state index contributed by atoms with van der Waals surface area (Å²) < 4.78 is 0. The second-order valence-electron chi connectivity index (χ2n) is 4.31. The number of piperazine rings is 1. The number of pyridine rings is 1. The molecule has 3 nitrogen and oxygen atoms in total. The third kappa shape index (κ3) is 2.61. The fourth-order valence-electron chi connectivity index (χ4n) is 1.93. The summed E-state index contributed by atoms with van der Waals surface area (Å²) in [5.74, 6) is 1.10. The van der Waals surface area contributed by atoms with Crippen LogP contribution >= 0.6 is 0 Å². The van der Waals surface area contributed by atoms with Crippen LogP contribution in [0.15, 0.2) is 31.0 Å². The van der Waals surface area contributed by atoms with Gasteiger partial charge < -0.3 is 9.80 Å². The summed E-state index contributed by atoms with van der Waals surface area (Å²) in [7, 11) is 2.16. The van der Waals surface area contributed by atoms with Gasteiger partial charge in [-0.1, -0.05) is 12.1 Å². The van der Waals surface area contributed by atoms with Crippen molar-refractivity contribution in [3.05, 3.63) is 36.5 Å². The molecule has 0 unspecified atom stereocenters. The first kappa shape index (κ1) is 11.1. The summed E-state index contributed by atoms with van der Waals surface area (Å²) in [4.78, 5) is 9.20. The zero-order valence-electron chi connectivity index (χ0n) is 9.89. The van der Waals surface area contributed by atoms with Gasteiger partial charge in [-0.15, -0.1) is 6.58 Å². The van der Waals surface area contributed by atoms with Gasteiger partial charge in [0.1, 0.15) is 5.82 Å². The lowest BCUT2D eigenvalue weighted by Crippen LogP contribution is -2.44. The highest BCUT2D eigenvalue weighted by Gasteiger charge is 2.14. The van der Waals surface area contributed by atoms with E-state index in [4.69, 9.17) is 0 Å². The summed E-state index contributed by atoms with van der Waals surface area (Å²) in [6.45, 7) is 8.12. The molecule has 1 saturated heterocycles. The van der Waals surface area contributed by atoms with Gasteiger partial charge in [0.2, 0.25) is 0 Å². The molecule has 0 N–H and O–H groups in total. The molecule has 1 aliphatic heterocycles. The van der Waals surface area contributed by atoms with Gasteiger partial charge in [0.05, 0.1) is 0 Å². The molecule has 0 radical (unpaired) electrons. The molecule has 1 aliphatic rings. The first-order valence-corrected chi connectivity index (χ1v) is 5.79. The minimum absolute atomic E-state index is 0.899. The predicted octanol–water partition coefficient (Wildman–Crippen LogP) is 1.56. The summed E-state index contributed by atoms with van der Waals surface area (Å²) in [5.41, 5.74) is 1.23. The zero-order chi connectivity index (χ0) is 11.4. The van der Waals surface area contributed by atoms with Gasteiger partial charge >= 0.3 is 0 Å². The van der Waals surface area contributed by atoms with E-state index in [9.17, 15) is 0 Å². The third-order valence-corrected chi connectivity index (χ3v) is 3.02. The predicted molar refractivity (Wildman–Crippen MR) is 67.8 cm³/mol. The number of hydrogen-bond donors (Lipinski definition) is 0. The SMILES string of the molecule is C=CCc1ccc(N2CCN(C)CC2)nc1. The topological polar surface area (TPSA) is 19.4 Å². The molecule has 1 aromatic heterocycles. The maximum Gasteiger partial charge on any atom is 0.128 e. The summed E-state index contributed by atoms with van der Waals surface area (Å²) in [6, 6.07) is 4.26. The number of anilines is 1. The van der Waals surface area contributed by atoms with Crippen molar-refractivity contribution in [1.82, 2.24) is 9.88 Å². The molecule has 86 valence electrons. The summed E-state index contributed by atoms with van der Waals surface area (Å²) in [6.07, 6.45) is 4.76. The lowest BCUT2D eigenvalue weighted by Gasteiger charge is -2.33. The van der Waals surface area contributed by atoms with Crippen LogP contribution in [0.1, 0.15) is 5.56 Å². The molecule has 0 saturated carbocycles. The number of aromatic nitrogens is 1. The summed E-state index contributed by atoms with van der Waals surface area (Å²) in [5, 5.41) is 0. The van der Waals surface area contributed by atoms with E-state index in [1.165, 1.54) is 5.56 Å². The molecule has 2 rings (SSSR count). The first-order chi connectivity index (χ1) is 7.79. The van der Waals surface area contributed by atoms with Gasteiger partial charge in [-0.05, 0) is 25.1 Å². The second-order valence-corrected chi connectivity index (χ2v) is 4.31. The largest absolute Gasteiger partial charge is 0.354 e. The number of likely N-dealkylation sites (N-methyl/N-ethyl adjacent to an activating group) is 1. The number of rotatable bonds is 3. The Balaban J connectivity index is 2.01. The lowest BCUT2D eigenvalue weighted by atomic mass is 10.2. The van der Waals surface area contributed by atoms with Gasteiger partial charge in [0.15, 0.2) is 0 Å². The van der Waals surface area contributed by atoms with Gasteiger partial charge in [-0.2, -0.15) is 0 Å². The van der Waals surface area contributed by atoms with E-state index in [1.54, 1.807) is 0 Å². The van der Waals surface area contributed by atoms with Crippen molar-refractivity contribution in [2.45, 2.75) is 6.42 Å². The number of nitrogens with zero attached hydrogens (tertiary/aromatic N) is 3. The minimum Gasteiger partial charge on any atom is -0.354 e. The average molecular weight is 217 g/mol. The molecule has 16 heavy (non-hydrogen) atoms. The van der Waals surface area contributed by atoms with Crippen molar-refractivity contribution in [2.24, 2.45) is 0 Å². The first-order valence-electron chi connectivity index (χ1n) is 5.79. The third-order valence-electron chi connectivity index (χ3n) is 3.02. The Morgan fingerprint density at radius 3 is 2.62 bits per heavy atom. The van der Waals surface area contributed by atoms with Crippen molar-refractivity contribution >= 4 is 5.82 Å². The molecule has 0 atom stereocenters. The average Bonchev–Trinajstić information content (AvgIpc) is 2.32. The van der Waals surface area contributed by atoms with Crippen LogP contribution in [-0.2, 0) is 6.42 Å². The van der Waals surface area contributed by atoms with Crippen LogP contribution in [-0.4, -0.2) is 43.1 Å². The molecule has 0 aromatic carbocycles. The van der Waals surface area contributed by atoms with Crippen molar-refractivity contribution in [3.63, 3.8) is 0 Å². The number of hydrogen-bond acceptors (Lipinski definition) is 3. The molecule has 1 fully saturated rings. The van der Waals surface area contributed by atoms with Crippen LogP contribution in [0.25, 0.3) is 0 Å². The molecule has 1 aromatic rings. The molecule has 0 spiro atoms. The van der Waals surface area contributed by atoms with E-state index in [0.717, 1.165) is 38.4 Å². The van der Waals surface area contributed by atoms with E-state index in [-0.39, 0.29) is 0 Å². The van der Waals surface area contributed by atoms with E-state index in [1.807, 2.05) is 12.3 Å². The lowest BCUT2D eigenvalue weighted by molar-refractivity contribution is 0.312. The Hall–Kier alpha value is -1.35. The Bertz CT molecular complexity index is 337. The van der Waals surface area contributed by atoms with Crippen LogP contribution in [0.5, 0.6) is 0 Å². The van der Waals surface area contributed by atoms with E-state index < -0.39 is 0 Å². The number of allylic oxidation sites excluding steroid dienone is 1. The van der Waals surface area contributed by atoms with E-state index >= 15 is 0 Å². The van der Waals surface area contributed by atoms with Gasteiger partial charge in [0, 0.05) is 32.4 Å². The van der Waals surface area contributed by atoms with Crippen molar-refractivity contribution in [3.8, 4) is 0 Å². The highest BCUT2D eigenvalue weighted by Crippen LogP contribution is 2.13. The zero-order valence-corrected chi connectivity index (χ0v) is 9.89. The molecule has 2 heterocycles. The van der Waals surface area contributed by atoms with Gasteiger partial charge in [0.25, 0.3) is 0 Å².